The van der Waals surface area contributed by atoms with E-state index in [-0.39, 0.29) is 6.04 Å². The van der Waals surface area contributed by atoms with Crippen molar-refractivity contribution in [1.82, 2.24) is 0 Å². The first kappa shape index (κ1) is 12.9. The summed E-state index contributed by atoms with van der Waals surface area (Å²) in [6.07, 6.45) is 0. The van der Waals surface area contributed by atoms with Crippen LogP contribution in [0.25, 0.3) is 0 Å². The first-order valence-electron chi connectivity index (χ1n) is 5.20. The second-order valence-corrected chi connectivity index (χ2v) is 4.35. The van der Waals surface area contributed by atoms with Crippen molar-refractivity contribution in [3.8, 4) is 0 Å². The summed E-state index contributed by atoms with van der Waals surface area (Å²) in [6, 6.07) is 6.21. The molecule has 88 valence electrons. The molecule has 3 N–H and O–H groups in total. The van der Waals surface area contributed by atoms with E-state index in [4.69, 9.17) is 22.7 Å². The molecule has 0 amide bonds. The maximum Gasteiger partial charge on any atom is 0.106 e. The molecular weight excluding hydrogens is 220 g/mol. The Balaban J connectivity index is 2.92. The number of nitrogens with one attached hydrogen (secondary N) is 1. The maximum absolute atomic E-state index is 5.67. The van der Waals surface area contributed by atoms with Crippen LogP contribution in [-0.2, 0) is 4.74 Å². The quantitative estimate of drug-likeness (QED) is 0.771. The molecule has 0 radical (unpaired) electrons. The van der Waals surface area contributed by atoms with Gasteiger partial charge < -0.3 is 15.8 Å². The van der Waals surface area contributed by atoms with Crippen LogP contribution in [0.4, 0.5) is 5.69 Å². The minimum absolute atomic E-state index is 0.222. The lowest BCUT2D eigenvalue weighted by molar-refractivity contribution is 0.190. The first-order valence-corrected chi connectivity index (χ1v) is 5.61. The van der Waals surface area contributed by atoms with E-state index in [1.54, 1.807) is 7.11 Å². The van der Waals surface area contributed by atoms with Gasteiger partial charge in [0.05, 0.1) is 6.61 Å². The van der Waals surface area contributed by atoms with Gasteiger partial charge in [0.15, 0.2) is 0 Å². The lowest BCUT2D eigenvalue weighted by Crippen LogP contribution is -2.23. The zero-order chi connectivity index (χ0) is 12.1. The van der Waals surface area contributed by atoms with Crippen LogP contribution < -0.4 is 11.1 Å². The zero-order valence-electron chi connectivity index (χ0n) is 9.91. The Kier molecular flexibility index (Phi) is 4.71. The van der Waals surface area contributed by atoms with E-state index < -0.39 is 0 Å². The predicted octanol–water partition coefficient (Wildman–Crippen LogP) is 2.08. The molecule has 0 aliphatic heterocycles. The standard InChI is InChI=1S/C12H18N2OS/c1-8-4-5-10(12(13)16)11(6-8)14-9(2)7-15-3/h4-6,9,14H,7H2,1-3H3,(H2,13,16). The highest BCUT2D eigenvalue weighted by Crippen LogP contribution is 2.18. The van der Waals surface area contributed by atoms with Crippen molar-refractivity contribution in [2.45, 2.75) is 19.9 Å². The summed E-state index contributed by atoms with van der Waals surface area (Å²) in [5.74, 6) is 0. The summed E-state index contributed by atoms with van der Waals surface area (Å²) in [5.41, 5.74) is 8.70. The van der Waals surface area contributed by atoms with Gasteiger partial charge in [0, 0.05) is 24.4 Å². The molecule has 0 bridgehead atoms. The number of benzene rings is 1. The van der Waals surface area contributed by atoms with Crippen molar-refractivity contribution in [2.24, 2.45) is 5.73 Å². The van der Waals surface area contributed by atoms with Gasteiger partial charge in [-0.1, -0.05) is 18.3 Å². The van der Waals surface area contributed by atoms with Crippen molar-refractivity contribution < 1.29 is 4.74 Å². The van der Waals surface area contributed by atoms with Crippen LogP contribution in [0.1, 0.15) is 18.1 Å². The summed E-state index contributed by atoms with van der Waals surface area (Å²) in [6.45, 7) is 4.73. The third kappa shape index (κ3) is 3.47. The molecule has 0 heterocycles. The van der Waals surface area contributed by atoms with Gasteiger partial charge in [0.25, 0.3) is 0 Å². The summed E-state index contributed by atoms with van der Waals surface area (Å²) >= 11 is 5.02. The van der Waals surface area contributed by atoms with Crippen molar-refractivity contribution in [3.05, 3.63) is 29.3 Å². The number of rotatable bonds is 5. The molecule has 1 aromatic rings. The fraction of sp³-hybridized carbons (Fsp3) is 0.417. The van der Waals surface area contributed by atoms with E-state index in [1.807, 2.05) is 25.1 Å². The number of hydrogen-bond donors (Lipinski definition) is 2. The van der Waals surface area contributed by atoms with Crippen LogP contribution in [0.2, 0.25) is 0 Å². The number of thiocarbonyl (C=S) groups is 1. The zero-order valence-corrected chi connectivity index (χ0v) is 10.7. The van der Waals surface area contributed by atoms with Crippen LogP contribution in [0.15, 0.2) is 18.2 Å². The monoisotopic (exact) mass is 238 g/mol. The molecule has 0 aliphatic carbocycles. The molecule has 16 heavy (non-hydrogen) atoms. The first-order chi connectivity index (χ1) is 7.54. The van der Waals surface area contributed by atoms with Crippen LogP contribution in [-0.4, -0.2) is 24.7 Å². The van der Waals surface area contributed by atoms with Crippen LogP contribution in [0.5, 0.6) is 0 Å². The lowest BCUT2D eigenvalue weighted by Gasteiger charge is -2.17. The fourth-order valence-corrected chi connectivity index (χ4v) is 1.73. The summed E-state index contributed by atoms with van der Waals surface area (Å²) in [4.78, 5) is 0.409. The van der Waals surface area contributed by atoms with Crippen molar-refractivity contribution in [2.75, 3.05) is 19.0 Å². The number of aryl methyl sites for hydroxylation is 1. The normalized spacial score (nSPS) is 12.2. The molecule has 1 rings (SSSR count). The summed E-state index contributed by atoms with van der Waals surface area (Å²) in [5, 5.41) is 3.34. The van der Waals surface area contributed by atoms with Crippen molar-refractivity contribution in [3.63, 3.8) is 0 Å². The molecule has 0 fully saturated rings. The predicted molar refractivity (Wildman–Crippen MR) is 72.0 cm³/mol. The molecule has 0 saturated heterocycles. The van der Waals surface area contributed by atoms with E-state index in [9.17, 15) is 0 Å². The van der Waals surface area contributed by atoms with Crippen molar-refractivity contribution in [1.29, 1.82) is 0 Å². The Labute approximate surface area is 102 Å². The van der Waals surface area contributed by atoms with E-state index in [2.05, 4.69) is 12.2 Å². The SMILES string of the molecule is COCC(C)Nc1cc(C)ccc1C(N)=S. The topological polar surface area (TPSA) is 47.3 Å². The van der Waals surface area contributed by atoms with Crippen LogP contribution >= 0.6 is 12.2 Å². The van der Waals surface area contributed by atoms with E-state index in [0.29, 0.717) is 11.6 Å². The third-order valence-electron chi connectivity index (χ3n) is 2.26. The van der Waals surface area contributed by atoms with Gasteiger partial charge in [0.1, 0.15) is 4.99 Å². The molecule has 1 aromatic carbocycles. The van der Waals surface area contributed by atoms with Gasteiger partial charge in [-0.05, 0) is 31.5 Å². The Morgan fingerprint density at radius 1 is 1.56 bits per heavy atom. The molecule has 0 aromatic heterocycles. The minimum atomic E-state index is 0.222. The molecule has 0 saturated carbocycles. The second-order valence-electron chi connectivity index (χ2n) is 3.91. The van der Waals surface area contributed by atoms with Crippen LogP contribution in [0.3, 0.4) is 0 Å². The largest absolute Gasteiger partial charge is 0.389 e. The lowest BCUT2D eigenvalue weighted by atomic mass is 10.1. The minimum Gasteiger partial charge on any atom is -0.389 e. The number of ether oxygens (including phenoxy) is 1. The second kappa shape index (κ2) is 5.82. The summed E-state index contributed by atoms with van der Waals surface area (Å²) in [7, 11) is 1.68. The van der Waals surface area contributed by atoms with Gasteiger partial charge in [-0.2, -0.15) is 0 Å². The van der Waals surface area contributed by atoms with Crippen LogP contribution in [0, 0.1) is 6.92 Å². The smallest absolute Gasteiger partial charge is 0.106 e. The van der Waals surface area contributed by atoms with Gasteiger partial charge in [-0.25, -0.2) is 0 Å². The van der Waals surface area contributed by atoms with Crippen molar-refractivity contribution >= 4 is 22.9 Å². The van der Waals surface area contributed by atoms with Gasteiger partial charge in [-0.15, -0.1) is 0 Å². The Morgan fingerprint density at radius 3 is 2.81 bits per heavy atom. The van der Waals surface area contributed by atoms with E-state index >= 15 is 0 Å². The van der Waals surface area contributed by atoms with Gasteiger partial charge in [-0.3, -0.25) is 0 Å². The van der Waals surface area contributed by atoms with Gasteiger partial charge >= 0.3 is 0 Å². The molecule has 0 spiro atoms. The average Bonchev–Trinajstić information content (AvgIpc) is 2.17. The number of hydrogen-bond acceptors (Lipinski definition) is 3. The Hall–Kier alpha value is -1.13. The average molecular weight is 238 g/mol. The van der Waals surface area contributed by atoms with E-state index in [1.165, 1.54) is 5.56 Å². The highest BCUT2D eigenvalue weighted by Gasteiger charge is 2.08. The van der Waals surface area contributed by atoms with Gasteiger partial charge in [0.2, 0.25) is 0 Å². The molecule has 1 atom stereocenters. The highest BCUT2D eigenvalue weighted by molar-refractivity contribution is 7.80. The Morgan fingerprint density at radius 2 is 2.25 bits per heavy atom. The number of nitrogens with two attached hydrogens (primary N) is 1. The number of methoxy groups -OCH3 is 1. The molecule has 4 heteroatoms. The number of anilines is 1. The molecule has 1 unspecified atom stereocenters. The Bertz CT molecular complexity index is 379. The molecule has 0 aliphatic rings. The summed E-state index contributed by atoms with van der Waals surface area (Å²) < 4.78 is 5.08. The maximum atomic E-state index is 5.67. The third-order valence-corrected chi connectivity index (χ3v) is 2.48. The fourth-order valence-electron chi connectivity index (χ4n) is 1.55. The molecular formula is C12H18N2OS. The highest BCUT2D eigenvalue weighted by atomic mass is 32.1. The molecule has 3 nitrogen and oxygen atoms in total. The van der Waals surface area contributed by atoms with E-state index in [0.717, 1.165) is 11.3 Å².